The molecule has 2 rings (SSSR count). The maximum Gasteiger partial charge on any atom is 0.339 e. The molecule has 2 aromatic rings. The number of nitrogens with one attached hydrogen (secondary N) is 1. The van der Waals surface area contributed by atoms with Crippen LogP contribution in [-0.2, 0) is 20.9 Å². The van der Waals surface area contributed by atoms with Crippen molar-refractivity contribution in [2.75, 3.05) is 12.4 Å². The van der Waals surface area contributed by atoms with Crippen LogP contribution in [0.25, 0.3) is 0 Å². The molecule has 8 heteroatoms. The fraction of sp³-hybridized carbons (Fsp3) is 0.167. The number of amides is 2. The maximum atomic E-state index is 12.2. The molecule has 0 fully saturated rings. The molecule has 0 atom stereocenters. The van der Waals surface area contributed by atoms with E-state index in [1.165, 1.54) is 0 Å². The van der Waals surface area contributed by atoms with Gasteiger partial charge in [0.25, 0.3) is 5.91 Å². The standard InChI is InChI=1S/C18H17ClN2O4S/c19-14-7-3-1-5-12(14)9-21-17(23)10-25-18(24)13-6-2-4-8-15(13)26-11-16(20)22/h1-8H,9-11H2,(H2,20,22)(H,21,23). The molecule has 2 aromatic carbocycles. The van der Waals surface area contributed by atoms with Crippen LogP contribution in [0.5, 0.6) is 0 Å². The summed E-state index contributed by atoms with van der Waals surface area (Å²) in [5.74, 6) is -1.54. The Balaban J connectivity index is 1.87. The summed E-state index contributed by atoms with van der Waals surface area (Å²) in [6.07, 6.45) is 0. The number of rotatable bonds is 8. The first kappa shape index (κ1) is 19.8. The number of benzene rings is 2. The van der Waals surface area contributed by atoms with Gasteiger partial charge < -0.3 is 15.8 Å². The van der Waals surface area contributed by atoms with Crippen LogP contribution in [0.15, 0.2) is 53.4 Å². The van der Waals surface area contributed by atoms with Crippen molar-refractivity contribution in [2.24, 2.45) is 5.73 Å². The summed E-state index contributed by atoms with van der Waals surface area (Å²) in [7, 11) is 0. The number of ether oxygens (including phenoxy) is 1. The molecule has 136 valence electrons. The van der Waals surface area contributed by atoms with Gasteiger partial charge in [-0.1, -0.05) is 41.9 Å². The molecule has 0 radical (unpaired) electrons. The van der Waals surface area contributed by atoms with Crippen LogP contribution in [0.1, 0.15) is 15.9 Å². The van der Waals surface area contributed by atoms with Gasteiger partial charge in [-0.15, -0.1) is 11.8 Å². The normalized spacial score (nSPS) is 10.2. The van der Waals surface area contributed by atoms with E-state index in [0.717, 1.165) is 17.3 Å². The highest BCUT2D eigenvalue weighted by Crippen LogP contribution is 2.23. The first-order valence-corrected chi connectivity index (χ1v) is 9.01. The van der Waals surface area contributed by atoms with E-state index in [-0.39, 0.29) is 17.9 Å². The first-order valence-electron chi connectivity index (χ1n) is 7.64. The van der Waals surface area contributed by atoms with Crippen molar-refractivity contribution in [3.05, 3.63) is 64.7 Å². The Morgan fingerprint density at radius 3 is 2.50 bits per heavy atom. The lowest BCUT2D eigenvalue weighted by Crippen LogP contribution is -2.28. The molecule has 0 aromatic heterocycles. The van der Waals surface area contributed by atoms with Gasteiger partial charge in [0.2, 0.25) is 5.91 Å². The fourth-order valence-corrected chi connectivity index (χ4v) is 2.99. The predicted molar refractivity (Wildman–Crippen MR) is 99.9 cm³/mol. The average Bonchev–Trinajstić information content (AvgIpc) is 2.64. The largest absolute Gasteiger partial charge is 0.452 e. The van der Waals surface area contributed by atoms with Crippen molar-refractivity contribution in [3.63, 3.8) is 0 Å². The van der Waals surface area contributed by atoms with Crippen molar-refractivity contribution in [3.8, 4) is 0 Å². The van der Waals surface area contributed by atoms with Crippen LogP contribution in [0.2, 0.25) is 5.02 Å². The molecular formula is C18H17ClN2O4S. The second-order valence-corrected chi connectivity index (χ2v) is 6.62. The number of hydrogen-bond acceptors (Lipinski definition) is 5. The molecular weight excluding hydrogens is 376 g/mol. The summed E-state index contributed by atoms with van der Waals surface area (Å²) >= 11 is 7.15. The van der Waals surface area contributed by atoms with Gasteiger partial charge >= 0.3 is 5.97 Å². The lowest BCUT2D eigenvalue weighted by atomic mass is 10.2. The van der Waals surface area contributed by atoms with E-state index in [1.807, 2.05) is 6.07 Å². The van der Waals surface area contributed by atoms with Crippen LogP contribution in [-0.4, -0.2) is 30.1 Å². The molecule has 0 bridgehead atoms. The fourth-order valence-electron chi connectivity index (χ4n) is 2.01. The highest BCUT2D eigenvalue weighted by Gasteiger charge is 2.15. The van der Waals surface area contributed by atoms with Crippen LogP contribution in [0, 0.1) is 0 Å². The van der Waals surface area contributed by atoms with Crippen molar-refractivity contribution in [1.82, 2.24) is 5.32 Å². The third kappa shape index (κ3) is 6.09. The number of esters is 1. The first-order chi connectivity index (χ1) is 12.5. The summed E-state index contributed by atoms with van der Waals surface area (Å²) in [6.45, 7) is -0.181. The van der Waals surface area contributed by atoms with E-state index in [1.54, 1.807) is 42.5 Å². The summed E-state index contributed by atoms with van der Waals surface area (Å²) in [4.78, 5) is 35.5. The molecule has 0 aliphatic rings. The minimum absolute atomic E-state index is 0.0443. The van der Waals surface area contributed by atoms with Gasteiger partial charge in [-0.25, -0.2) is 4.79 Å². The Morgan fingerprint density at radius 1 is 1.08 bits per heavy atom. The van der Waals surface area contributed by atoms with E-state index in [0.29, 0.717) is 9.92 Å². The number of nitrogens with two attached hydrogens (primary N) is 1. The molecule has 0 saturated carbocycles. The molecule has 6 nitrogen and oxygen atoms in total. The SMILES string of the molecule is NC(=O)CSc1ccccc1C(=O)OCC(=O)NCc1ccccc1Cl. The lowest BCUT2D eigenvalue weighted by Gasteiger charge is -2.10. The maximum absolute atomic E-state index is 12.2. The van der Waals surface area contributed by atoms with Gasteiger partial charge in [-0.05, 0) is 23.8 Å². The quantitative estimate of drug-likeness (QED) is 0.531. The van der Waals surface area contributed by atoms with Crippen molar-refractivity contribution < 1.29 is 19.1 Å². The van der Waals surface area contributed by atoms with Crippen LogP contribution in [0.4, 0.5) is 0 Å². The van der Waals surface area contributed by atoms with Gasteiger partial charge in [0.15, 0.2) is 6.61 Å². The van der Waals surface area contributed by atoms with Crippen molar-refractivity contribution in [1.29, 1.82) is 0 Å². The van der Waals surface area contributed by atoms with E-state index in [4.69, 9.17) is 22.1 Å². The second-order valence-electron chi connectivity index (χ2n) is 5.20. The molecule has 2 amide bonds. The van der Waals surface area contributed by atoms with E-state index in [2.05, 4.69) is 5.32 Å². The minimum atomic E-state index is -0.648. The molecule has 3 N–H and O–H groups in total. The number of halogens is 1. The molecule has 0 aliphatic heterocycles. The topological polar surface area (TPSA) is 98.5 Å². The second kappa shape index (κ2) is 9.84. The number of primary amides is 1. The Hall–Kier alpha value is -2.51. The zero-order valence-electron chi connectivity index (χ0n) is 13.7. The lowest BCUT2D eigenvalue weighted by molar-refractivity contribution is -0.124. The van der Waals surface area contributed by atoms with Crippen LogP contribution in [0.3, 0.4) is 0 Å². The van der Waals surface area contributed by atoms with Gasteiger partial charge in [0.05, 0.1) is 11.3 Å². The third-order valence-corrected chi connectivity index (χ3v) is 4.71. The third-order valence-electron chi connectivity index (χ3n) is 3.25. The summed E-state index contributed by atoms with van der Waals surface area (Å²) in [5.41, 5.74) is 6.16. The Bertz CT molecular complexity index is 813. The minimum Gasteiger partial charge on any atom is -0.452 e. The Labute approximate surface area is 160 Å². The predicted octanol–water partition coefficient (Wildman–Crippen LogP) is 2.39. The van der Waals surface area contributed by atoms with Gasteiger partial charge in [0.1, 0.15) is 0 Å². The highest BCUT2D eigenvalue weighted by atomic mass is 35.5. The van der Waals surface area contributed by atoms with E-state index in [9.17, 15) is 14.4 Å². The Kier molecular flexibility index (Phi) is 7.50. The summed E-state index contributed by atoms with van der Waals surface area (Å²) in [5, 5.41) is 3.18. The number of carbonyl (C=O) groups excluding carboxylic acids is 3. The smallest absolute Gasteiger partial charge is 0.339 e. The Morgan fingerprint density at radius 2 is 1.77 bits per heavy atom. The zero-order chi connectivity index (χ0) is 18.9. The molecule has 0 spiro atoms. The molecule has 0 aliphatic carbocycles. The zero-order valence-corrected chi connectivity index (χ0v) is 15.3. The number of hydrogen-bond donors (Lipinski definition) is 2. The van der Waals surface area contributed by atoms with E-state index >= 15 is 0 Å². The number of carbonyl (C=O) groups is 3. The average molecular weight is 393 g/mol. The van der Waals surface area contributed by atoms with Gasteiger partial charge in [0, 0.05) is 16.5 Å². The van der Waals surface area contributed by atoms with Crippen molar-refractivity contribution in [2.45, 2.75) is 11.4 Å². The molecule has 26 heavy (non-hydrogen) atoms. The summed E-state index contributed by atoms with van der Waals surface area (Å²) < 4.78 is 5.04. The summed E-state index contributed by atoms with van der Waals surface area (Å²) in [6, 6.07) is 13.8. The molecule has 0 heterocycles. The van der Waals surface area contributed by atoms with Gasteiger partial charge in [-0.2, -0.15) is 0 Å². The molecule has 0 saturated heterocycles. The number of thioether (sulfide) groups is 1. The monoisotopic (exact) mass is 392 g/mol. The van der Waals surface area contributed by atoms with Gasteiger partial charge in [-0.3, -0.25) is 9.59 Å². The highest BCUT2D eigenvalue weighted by molar-refractivity contribution is 8.00. The molecule has 0 unspecified atom stereocenters. The van der Waals surface area contributed by atoms with Crippen LogP contribution < -0.4 is 11.1 Å². The van der Waals surface area contributed by atoms with E-state index < -0.39 is 24.4 Å². The van der Waals surface area contributed by atoms with Crippen molar-refractivity contribution >= 4 is 41.1 Å². The van der Waals surface area contributed by atoms with Crippen LogP contribution >= 0.6 is 23.4 Å².